The van der Waals surface area contributed by atoms with Crippen LogP contribution in [0.5, 0.6) is 5.75 Å². The molecule has 10 heteroatoms. The zero-order chi connectivity index (χ0) is 18.2. The average molecular weight is 381 g/mol. The van der Waals surface area contributed by atoms with E-state index in [9.17, 15) is 9.59 Å². The predicted molar refractivity (Wildman–Crippen MR) is 98.6 cm³/mol. The molecular weight excluding hydrogens is 362 g/mol. The second kappa shape index (κ2) is 9.23. The van der Waals surface area contributed by atoms with E-state index < -0.39 is 0 Å². The van der Waals surface area contributed by atoms with Gasteiger partial charge in [-0.15, -0.1) is 10.2 Å². The maximum absolute atomic E-state index is 11.7. The van der Waals surface area contributed by atoms with E-state index in [-0.39, 0.29) is 24.1 Å². The number of amides is 2. The van der Waals surface area contributed by atoms with Crippen molar-refractivity contribution in [2.45, 2.75) is 4.34 Å². The number of nitrogens with one attached hydrogen (secondary N) is 2. The fraction of sp³-hybridized carbons (Fsp3) is 0.333. The average Bonchev–Trinajstić information content (AvgIpc) is 3.05. The molecule has 2 aromatic rings. The molecule has 2 rings (SSSR count). The van der Waals surface area contributed by atoms with E-state index in [1.807, 2.05) is 24.3 Å². The highest BCUT2D eigenvalue weighted by atomic mass is 32.2. The lowest BCUT2D eigenvalue weighted by atomic mass is 10.3. The van der Waals surface area contributed by atoms with Gasteiger partial charge in [0.25, 0.3) is 0 Å². The van der Waals surface area contributed by atoms with E-state index in [4.69, 9.17) is 4.74 Å². The molecule has 1 aromatic heterocycles. The first kappa shape index (κ1) is 19.0. The summed E-state index contributed by atoms with van der Waals surface area (Å²) in [5.41, 5.74) is 0.789. The molecule has 0 saturated carbocycles. The van der Waals surface area contributed by atoms with Gasteiger partial charge in [-0.25, -0.2) is 0 Å². The van der Waals surface area contributed by atoms with Crippen molar-refractivity contribution in [3.8, 4) is 5.75 Å². The Labute approximate surface area is 154 Å². The lowest BCUT2D eigenvalue weighted by Crippen LogP contribution is -2.36. The number of thioether (sulfide) groups is 1. The molecule has 0 aliphatic heterocycles. The Morgan fingerprint density at radius 3 is 2.76 bits per heavy atom. The number of carbonyl (C=O) groups is 2. The maximum Gasteiger partial charge on any atom is 0.241 e. The molecule has 134 valence electrons. The molecule has 0 aliphatic rings. The molecule has 0 aliphatic carbocycles. The number of hydrogen-bond donors (Lipinski definition) is 2. The topological polar surface area (TPSA) is 96.5 Å². The van der Waals surface area contributed by atoms with Crippen LogP contribution in [0.25, 0.3) is 0 Å². The van der Waals surface area contributed by atoms with Crippen molar-refractivity contribution in [3.05, 3.63) is 24.3 Å². The molecular formula is C15H19N5O3S2. The second-order valence-electron chi connectivity index (χ2n) is 5.05. The van der Waals surface area contributed by atoms with Crippen LogP contribution in [0.15, 0.2) is 28.6 Å². The summed E-state index contributed by atoms with van der Waals surface area (Å²) in [5.74, 6) is 0.494. The predicted octanol–water partition coefficient (Wildman–Crippen LogP) is 1.59. The summed E-state index contributed by atoms with van der Waals surface area (Å²) in [6.45, 7) is -0.0108. The SMILES string of the molecule is COc1ccccc1Nc1nnc(SCC(=O)NCC(=O)N(C)C)s1. The van der Waals surface area contributed by atoms with Gasteiger partial charge >= 0.3 is 0 Å². The first-order chi connectivity index (χ1) is 12.0. The lowest BCUT2D eigenvalue weighted by Gasteiger charge is -2.10. The van der Waals surface area contributed by atoms with Crippen LogP contribution in [0, 0.1) is 0 Å². The van der Waals surface area contributed by atoms with Crippen LogP contribution in [0.2, 0.25) is 0 Å². The summed E-state index contributed by atoms with van der Waals surface area (Å²) in [6.07, 6.45) is 0. The van der Waals surface area contributed by atoms with Crippen molar-refractivity contribution >= 4 is 45.7 Å². The molecule has 0 unspecified atom stereocenters. The number of methoxy groups -OCH3 is 1. The summed E-state index contributed by atoms with van der Waals surface area (Å²) in [6, 6.07) is 7.49. The molecule has 8 nitrogen and oxygen atoms in total. The molecule has 25 heavy (non-hydrogen) atoms. The molecule has 0 bridgehead atoms. The Morgan fingerprint density at radius 1 is 1.28 bits per heavy atom. The van der Waals surface area contributed by atoms with E-state index >= 15 is 0 Å². The van der Waals surface area contributed by atoms with Gasteiger partial charge in [-0.1, -0.05) is 35.2 Å². The number of para-hydroxylation sites is 2. The van der Waals surface area contributed by atoms with Crippen LogP contribution in [-0.2, 0) is 9.59 Å². The van der Waals surface area contributed by atoms with E-state index in [0.29, 0.717) is 15.2 Å². The number of carbonyl (C=O) groups excluding carboxylic acids is 2. The maximum atomic E-state index is 11.7. The number of ether oxygens (including phenoxy) is 1. The number of benzene rings is 1. The van der Waals surface area contributed by atoms with E-state index in [2.05, 4.69) is 20.8 Å². The van der Waals surface area contributed by atoms with E-state index in [1.165, 1.54) is 28.0 Å². The Morgan fingerprint density at radius 2 is 2.04 bits per heavy atom. The van der Waals surface area contributed by atoms with Crippen LogP contribution < -0.4 is 15.4 Å². The Hall–Kier alpha value is -2.33. The highest BCUT2D eigenvalue weighted by Crippen LogP contribution is 2.31. The monoisotopic (exact) mass is 381 g/mol. The van der Waals surface area contributed by atoms with Gasteiger partial charge in [-0.05, 0) is 12.1 Å². The number of nitrogens with zero attached hydrogens (tertiary/aromatic N) is 3. The third-order valence-corrected chi connectivity index (χ3v) is 4.99. The molecule has 0 spiro atoms. The Kier molecular flexibility index (Phi) is 7.02. The summed E-state index contributed by atoms with van der Waals surface area (Å²) < 4.78 is 5.93. The molecule has 0 fully saturated rings. The molecule has 0 radical (unpaired) electrons. The minimum absolute atomic E-state index is 0.0108. The van der Waals surface area contributed by atoms with Gasteiger partial charge in [-0.3, -0.25) is 9.59 Å². The fourth-order valence-corrected chi connectivity index (χ4v) is 3.29. The van der Waals surface area contributed by atoms with Crippen molar-refractivity contribution < 1.29 is 14.3 Å². The third kappa shape index (κ3) is 5.91. The number of hydrogen-bond acceptors (Lipinski definition) is 8. The van der Waals surface area contributed by atoms with Gasteiger partial charge in [0.1, 0.15) is 5.75 Å². The van der Waals surface area contributed by atoms with Crippen molar-refractivity contribution in [3.63, 3.8) is 0 Å². The number of aromatic nitrogens is 2. The Bertz CT molecular complexity index is 735. The zero-order valence-electron chi connectivity index (χ0n) is 14.1. The van der Waals surface area contributed by atoms with Gasteiger partial charge in [0.15, 0.2) is 4.34 Å². The summed E-state index contributed by atoms with van der Waals surface area (Å²) in [4.78, 5) is 24.6. The van der Waals surface area contributed by atoms with Crippen molar-refractivity contribution in [1.82, 2.24) is 20.4 Å². The van der Waals surface area contributed by atoms with Crippen molar-refractivity contribution in [2.75, 3.05) is 38.8 Å². The van der Waals surface area contributed by atoms with Gasteiger partial charge in [0, 0.05) is 14.1 Å². The standard InChI is InChI=1S/C15H19N5O3S2/c1-20(2)13(22)8-16-12(21)9-24-15-19-18-14(25-15)17-10-6-4-5-7-11(10)23-3/h4-7H,8-9H2,1-3H3,(H,16,21)(H,17,18). The van der Waals surface area contributed by atoms with Crippen molar-refractivity contribution in [1.29, 1.82) is 0 Å². The summed E-state index contributed by atoms with van der Waals surface area (Å²) in [5, 5.41) is 14.4. The minimum atomic E-state index is -0.227. The lowest BCUT2D eigenvalue weighted by molar-refractivity contribution is -0.130. The summed E-state index contributed by atoms with van der Waals surface area (Å²) >= 11 is 2.60. The smallest absolute Gasteiger partial charge is 0.241 e. The third-order valence-electron chi connectivity index (χ3n) is 3.02. The molecule has 1 aromatic carbocycles. The summed E-state index contributed by atoms with van der Waals surface area (Å²) in [7, 11) is 4.88. The number of anilines is 2. The van der Waals surface area contributed by atoms with E-state index in [1.54, 1.807) is 21.2 Å². The minimum Gasteiger partial charge on any atom is -0.495 e. The highest BCUT2D eigenvalue weighted by Gasteiger charge is 2.11. The molecule has 0 atom stereocenters. The van der Waals surface area contributed by atoms with Gasteiger partial charge < -0.3 is 20.3 Å². The largest absolute Gasteiger partial charge is 0.495 e. The zero-order valence-corrected chi connectivity index (χ0v) is 15.7. The van der Waals surface area contributed by atoms with Crippen LogP contribution in [0.3, 0.4) is 0 Å². The number of likely N-dealkylation sites (N-methyl/N-ethyl adjacent to an activating group) is 1. The van der Waals surface area contributed by atoms with Gasteiger partial charge in [-0.2, -0.15) is 0 Å². The normalized spacial score (nSPS) is 10.2. The Balaban J connectivity index is 1.83. The van der Waals surface area contributed by atoms with E-state index in [0.717, 1.165) is 5.69 Å². The highest BCUT2D eigenvalue weighted by molar-refractivity contribution is 8.01. The second-order valence-corrected chi connectivity index (χ2v) is 7.25. The van der Waals surface area contributed by atoms with Crippen molar-refractivity contribution in [2.24, 2.45) is 0 Å². The molecule has 0 saturated heterocycles. The van der Waals surface area contributed by atoms with Crippen LogP contribution in [-0.4, -0.2) is 60.4 Å². The first-order valence-corrected chi connectivity index (χ1v) is 9.13. The molecule has 1 heterocycles. The van der Waals surface area contributed by atoms with Gasteiger partial charge in [0.05, 0.1) is 25.1 Å². The first-order valence-electron chi connectivity index (χ1n) is 7.32. The number of rotatable bonds is 8. The molecule has 2 amide bonds. The van der Waals surface area contributed by atoms with Crippen LogP contribution in [0.1, 0.15) is 0 Å². The molecule has 2 N–H and O–H groups in total. The quantitative estimate of drug-likeness (QED) is 0.670. The fourth-order valence-electron chi connectivity index (χ4n) is 1.69. The van der Waals surface area contributed by atoms with Gasteiger partial charge in [0.2, 0.25) is 16.9 Å². The van der Waals surface area contributed by atoms with Crippen LogP contribution >= 0.6 is 23.1 Å². The van der Waals surface area contributed by atoms with Crippen LogP contribution in [0.4, 0.5) is 10.8 Å².